The molecule has 26 heavy (non-hydrogen) atoms. The molecular formula is C16H31BrIN5O2S. The fraction of sp³-hybridized carbons (Fsp3) is 0.688. The number of halogens is 2. The third-order valence-electron chi connectivity index (χ3n) is 3.82. The van der Waals surface area contributed by atoms with Crippen molar-refractivity contribution in [2.45, 2.75) is 26.8 Å². The second kappa shape index (κ2) is 12.2. The molecule has 0 aliphatic heterocycles. The van der Waals surface area contributed by atoms with Crippen LogP contribution >= 0.6 is 39.9 Å². The number of sulfonamides is 1. The van der Waals surface area contributed by atoms with Crippen LogP contribution in [0, 0.1) is 0 Å². The van der Waals surface area contributed by atoms with Gasteiger partial charge in [0.25, 0.3) is 0 Å². The Hall–Kier alpha value is -0.330. The Labute approximate surface area is 183 Å². The van der Waals surface area contributed by atoms with Crippen molar-refractivity contribution >= 4 is 55.9 Å². The predicted molar refractivity (Wildman–Crippen MR) is 123 cm³/mol. The molecule has 0 spiro atoms. The van der Waals surface area contributed by atoms with Crippen LogP contribution in [0.3, 0.4) is 0 Å². The second-order valence-electron chi connectivity index (χ2n) is 5.96. The van der Waals surface area contributed by atoms with Gasteiger partial charge in [0.2, 0.25) is 10.0 Å². The summed E-state index contributed by atoms with van der Waals surface area (Å²) >= 11 is 3.49. The molecule has 10 heteroatoms. The lowest BCUT2D eigenvalue weighted by Crippen LogP contribution is -2.39. The molecular weight excluding hydrogens is 533 g/mol. The number of guanidine groups is 1. The first-order valence-corrected chi connectivity index (χ1v) is 11.1. The molecule has 1 aromatic rings. The quantitative estimate of drug-likeness (QED) is 0.217. The van der Waals surface area contributed by atoms with E-state index in [2.05, 4.69) is 41.8 Å². The zero-order valence-corrected chi connectivity index (χ0v) is 20.9. The van der Waals surface area contributed by atoms with Gasteiger partial charge in [-0.3, -0.25) is 4.99 Å². The first-order valence-electron chi connectivity index (χ1n) is 8.44. The van der Waals surface area contributed by atoms with Crippen LogP contribution in [0.2, 0.25) is 0 Å². The lowest BCUT2D eigenvalue weighted by atomic mass is 10.4. The van der Waals surface area contributed by atoms with Crippen molar-refractivity contribution in [1.82, 2.24) is 19.1 Å². The van der Waals surface area contributed by atoms with E-state index in [0.29, 0.717) is 26.1 Å². The Kier molecular flexibility index (Phi) is 12.0. The topological polar surface area (TPSA) is 69.9 Å². The third-order valence-corrected chi connectivity index (χ3v) is 5.63. The lowest BCUT2D eigenvalue weighted by molar-refractivity contribution is 0.424. The Balaban J connectivity index is 0.00000625. The van der Waals surface area contributed by atoms with E-state index >= 15 is 0 Å². The molecule has 0 radical (unpaired) electrons. The Morgan fingerprint density at radius 3 is 2.50 bits per heavy atom. The van der Waals surface area contributed by atoms with Crippen LogP contribution in [-0.2, 0) is 23.6 Å². The average molecular weight is 564 g/mol. The van der Waals surface area contributed by atoms with Gasteiger partial charge in [0.1, 0.15) is 0 Å². The van der Waals surface area contributed by atoms with Gasteiger partial charge >= 0.3 is 0 Å². The van der Waals surface area contributed by atoms with Gasteiger partial charge in [-0.15, -0.1) is 24.0 Å². The summed E-state index contributed by atoms with van der Waals surface area (Å²) < 4.78 is 27.8. The molecule has 0 bridgehead atoms. The number of hydrogen-bond acceptors (Lipinski definition) is 3. The maximum atomic E-state index is 11.6. The zero-order valence-electron chi connectivity index (χ0n) is 16.2. The third kappa shape index (κ3) is 8.57. The van der Waals surface area contributed by atoms with Crippen LogP contribution in [0.15, 0.2) is 21.7 Å². The Morgan fingerprint density at radius 2 is 2.04 bits per heavy atom. The molecule has 152 valence electrons. The van der Waals surface area contributed by atoms with Crippen LogP contribution in [0.25, 0.3) is 0 Å². The van der Waals surface area contributed by atoms with E-state index in [1.165, 1.54) is 16.3 Å². The molecule has 0 aliphatic carbocycles. The summed E-state index contributed by atoms with van der Waals surface area (Å²) in [6, 6.07) is 2.09. The number of nitrogens with zero attached hydrogens (tertiary/aromatic N) is 4. The standard InChI is InChI=1S/C16H30BrN5O2S.HI/c1-6-18-16(19-9-8-10-22(7-2)25(5,23)24)21(4)13-15-11-14(17)12-20(15)3;/h11-12H,6-10,13H2,1-5H3,(H,18,19);1H. The molecule has 1 rings (SSSR count). The predicted octanol–water partition coefficient (Wildman–Crippen LogP) is 2.47. The molecule has 0 fully saturated rings. The monoisotopic (exact) mass is 563 g/mol. The number of nitrogens with one attached hydrogen (secondary N) is 1. The van der Waals surface area contributed by atoms with Crippen LogP contribution in [0.1, 0.15) is 26.0 Å². The maximum absolute atomic E-state index is 11.6. The van der Waals surface area contributed by atoms with E-state index in [4.69, 9.17) is 0 Å². The van der Waals surface area contributed by atoms with Gasteiger partial charge in [-0.2, -0.15) is 0 Å². The van der Waals surface area contributed by atoms with Crippen molar-refractivity contribution in [2.75, 3.05) is 39.5 Å². The largest absolute Gasteiger partial charge is 0.357 e. The second-order valence-corrected chi connectivity index (χ2v) is 8.86. The van der Waals surface area contributed by atoms with Crippen molar-refractivity contribution in [3.05, 3.63) is 22.4 Å². The van der Waals surface area contributed by atoms with Gasteiger partial charge in [0.15, 0.2) is 5.96 Å². The van der Waals surface area contributed by atoms with Crippen molar-refractivity contribution in [3.8, 4) is 0 Å². The first kappa shape index (κ1) is 25.7. The number of rotatable bonds is 9. The molecule has 1 N–H and O–H groups in total. The SMILES string of the molecule is CCNC(=NCCCN(CC)S(C)(=O)=O)N(C)Cc1cc(Br)cn1C.I. The molecule has 0 saturated carbocycles. The minimum absolute atomic E-state index is 0. The highest BCUT2D eigenvalue weighted by molar-refractivity contribution is 14.0. The summed E-state index contributed by atoms with van der Waals surface area (Å²) in [7, 11) is 0.880. The summed E-state index contributed by atoms with van der Waals surface area (Å²) in [6.07, 6.45) is 3.96. The van der Waals surface area contributed by atoms with E-state index < -0.39 is 10.0 Å². The van der Waals surface area contributed by atoms with E-state index in [1.54, 1.807) is 0 Å². The highest BCUT2D eigenvalue weighted by Crippen LogP contribution is 2.15. The summed E-state index contributed by atoms with van der Waals surface area (Å²) in [5, 5.41) is 3.28. The molecule has 0 unspecified atom stereocenters. The van der Waals surface area contributed by atoms with E-state index in [0.717, 1.165) is 23.5 Å². The van der Waals surface area contributed by atoms with Crippen molar-refractivity contribution in [3.63, 3.8) is 0 Å². The maximum Gasteiger partial charge on any atom is 0.211 e. The van der Waals surface area contributed by atoms with Gasteiger partial charge in [-0.1, -0.05) is 6.92 Å². The van der Waals surface area contributed by atoms with Gasteiger partial charge in [-0.05, 0) is 35.3 Å². The number of hydrogen-bond donors (Lipinski definition) is 1. The number of aromatic nitrogens is 1. The van der Waals surface area contributed by atoms with Crippen molar-refractivity contribution in [1.29, 1.82) is 0 Å². The van der Waals surface area contributed by atoms with Gasteiger partial charge in [-0.25, -0.2) is 12.7 Å². The number of aryl methyl sites for hydroxylation is 1. The van der Waals surface area contributed by atoms with Crippen molar-refractivity contribution in [2.24, 2.45) is 12.0 Å². The first-order chi connectivity index (χ1) is 11.7. The summed E-state index contributed by atoms with van der Waals surface area (Å²) in [5.41, 5.74) is 1.18. The average Bonchev–Trinajstić information content (AvgIpc) is 2.82. The van der Waals surface area contributed by atoms with Gasteiger partial charge in [0.05, 0.1) is 12.8 Å². The minimum atomic E-state index is -3.13. The molecule has 1 aromatic heterocycles. The molecule has 0 aliphatic rings. The van der Waals surface area contributed by atoms with E-state index in [-0.39, 0.29) is 24.0 Å². The molecule has 7 nitrogen and oxygen atoms in total. The fourth-order valence-corrected chi connectivity index (χ4v) is 4.00. The smallest absolute Gasteiger partial charge is 0.211 e. The van der Waals surface area contributed by atoms with Gasteiger partial charge < -0.3 is 14.8 Å². The lowest BCUT2D eigenvalue weighted by Gasteiger charge is -2.22. The minimum Gasteiger partial charge on any atom is -0.357 e. The van der Waals surface area contributed by atoms with E-state index in [9.17, 15) is 8.42 Å². The molecule has 0 atom stereocenters. The van der Waals surface area contributed by atoms with Crippen LogP contribution in [-0.4, -0.2) is 67.6 Å². The zero-order chi connectivity index (χ0) is 19.0. The highest BCUT2D eigenvalue weighted by Gasteiger charge is 2.13. The summed E-state index contributed by atoms with van der Waals surface area (Å²) in [5.74, 6) is 0.822. The van der Waals surface area contributed by atoms with Crippen LogP contribution in [0.4, 0.5) is 0 Å². The molecule has 0 aromatic carbocycles. The molecule has 1 heterocycles. The van der Waals surface area contributed by atoms with Gasteiger partial charge in [0, 0.05) is 56.6 Å². The number of aliphatic imine (C=N–C) groups is 1. The molecule has 0 amide bonds. The Bertz CT molecular complexity index is 678. The fourth-order valence-electron chi connectivity index (χ4n) is 2.50. The summed E-state index contributed by atoms with van der Waals surface area (Å²) in [4.78, 5) is 6.69. The summed E-state index contributed by atoms with van der Waals surface area (Å²) in [6.45, 7) is 6.96. The van der Waals surface area contributed by atoms with Crippen LogP contribution in [0.5, 0.6) is 0 Å². The van der Waals surface area contributed by atoms with Crippen LogP contribution < -0.4 is 5.32 Å². The highest BCUT2D eigenvalue weighted by atomic mass is 127. The molecule has 0 saturated heterocycles. The van der Waals surface area contributed by atoms with E-state index in [1.807, 2.05) is 34.1 Å². The van der Waals surface area contributed by atoms with Crippen molar-refractivity contribution < 1.29 is 8.42 Å². The normalized spacial score (nSPS) is 12.2. The Morgan fingerprint density at radius 1 is 1.38 bits per heavy atom.